The maximum absolute atomic E-state index is 11.1. The van der Waals surface area contributed by atoms with E-state index in [0.717, 1.165) is 0 Å². The van der Waals surface area contributed by atoms with Gasteiger partial charge >= 0.3 is 0 Å². The molecule has 66 valence electrons. The van der Waals surface area contributed by atoms with Crippen molar-refractivity contribution in [3.63, 3.8) is 0 Å². The fourth-order valence-corrected chi connectivity index (χ4v) is 0.678. The van der Waals surface area contributed by atoms with Crippen LogP contribution in [0, 0.1) is 0 Å². The van der Waals surface area contributed by atoms with Gasteiger partial charge in [-0.25, -0.2) is 0 Å². The van der Waals surface area contributed by atoms with Crippen molar-refractivity contribution in [2.75, 3.05) is 13.6 Å². The molecule has 0 radical (unpaired) electrons. The highest BCUT2D eigenvalue weighted by atomic mass is 16.3. The fraction of sp³-hybridized carbons (Fsp3) is 0.875. The molecule has 0 aromatic rings. The van der Waals surface area contributed by atoms with Gasteiger partial charge < -0.3 is 10.0 Å². The molecule has 0 saturated carbocycles. The number of carbonyl (C=O) groups excluding carboxylic acids is 1. The van der Waals surface area contributed by atoms with Gasteiger partial charge in [0, 0.05) is 13.6 Å². The SMILES string of the molecule is CCC(O)CC(=O)N(C)CC. The predicted molar refractivity (Wildman–Crippen MR) is 44.2 cm³/mol. The summed E-state index contributed by atoms with van der Waals surface area (Å²) >= 11 is 0. The van der Waals surface area contributed by atoms with E-state index >= 15 is 0 Å². The van der Waals surface area contributed by atoms with Crippen molar-refractivity contribution in [2.24, 2.45) is 0 Å². The Morgan fingerprint density at radius 2 is 2.09 bits per heavy atom. The van der Waals surface area contributed by atoms with Crippen molar-refractivity contribution >= 4 is 5.91 Å². The normalized spacial score (nSPS) is 12.7. The average molecular weight is 159 g/mol. The summed E-state index contributed by atoms with van der Waals surface area (Å²) in [5.41, 5.74) is 0. The maximum Gasteiger partial charge on any atom is 0.224 e. The third-order valence-electron chi connectivity index (χ3n) is 1.78. The Hall–Kier alpha value is -0.570. The molecule has 0 spiro atoms. The van der Waals surface area contributed by atoms with E-state index in [4.69, 9.17) is 5.11 Å². The molecular weight excluding hydrogens is 142 g/mol. The van der Waals surface area contributed by atoms with Crippen LogP contribution in [-0.4, -0.2) is 35.6 Å². The molecule has 0 heterocycles. The van der Waals surface area contributed by atoms with Gasteiger partial charge in [0.05, 0.1) is 12.5 Å². The van der Waals surface area contributed by atoms with Gasteiger partial charge in [-0.05, 0) is 13.3 Å². The second-order valence-electron chi connectivity index (χ2n) is 2.67. The number of aliphatic hydroxyl groups is 1. The lowest BCUT2D eigenvalue weighted by atomic mass is 10.2. The van der Waals surface area contributed by atoms with Crippen molar-refractivity contribution < 1.29 is 9.90 Å². The van der Waals surface area contributed by atoms with Crippen LogP contribution in [0.25, 0.3) is 0 Å². The van der Waals surface area contributed by atoms with E-state index in [2.05, 4.69) is 0 Å². The van der Waals surface area contributed by atoms with Gasteiger partial charge in [0.15, 0.2) is 0 Å². The fourth-order valence-electron chi connectivity index (χ4n) is 0.678. The van der Waals surface area contributed by atoms with Gasteiger partial charge in [-0.15, -0.1) is 0 Å². The van der Waals surface area contributed by atoms with Gasteiger partial charge in [0.25, 0.3) is 0 Å². The number of nitrogens with zero attached hydrogens (tertiary/aromatic N) is 1. The van der Waals surface area contributed by atoms with Gasteiger partial charge in [0.2, 0.25) is 5.91 Å². The minimum atomic E-state index is -0.475. The highest BCUT2D eigenvalue weighted by Crippen LogP contribution is 1.99. The zero-order valence-electron chi connectivity index (χ0n) is 7.50. The van der Waals surface area contributed by atoms with Crippen LogP contribution in [-0.2, 0) is 4.79 Å². The molecule has 0 aromatic heterocycles. The first kappa shape index (κ1) is 10.4. The maximum atomic E-state index is 11.1. The molecule has 0 rings (SSSR count). The molecule has 0 aromatic carbocycles. The summed E-state index contributed by atoms with van der Waals surface area (Å²) in [5, 5.41) is 9.13. The highest BCUT2D eigenvalue weighted by molar-refractivity contribution is 5.76. The number of aliphatic hydroxyl groups excluding tert-OH is 1. The van der Waals surface area contributed by atoms with Crippen molar-refractivity contribution in [2.45, 2.75) is 32.8 Å². The van der Waals surface area contributed by atoms with E-state index in [0.29, 0.717) is 13.0 Å². The number of hydrogen-bond acceptors (Lipinski definition) is 2. The topological polar surface area (TPSA) is 40.5 Å². The Bertz CT molecular complexity index is 125. The van der Waals surface area contributed by atoms with Crippen LogP contribution in [0.2, 0.25) is 0 Å². The molecule has 0 aliphatic rings. The molecule has 1 unspecified atom stereocenters. The Morgan fingerprint density at radius 1 is 1.55 bits per heavy atom. The minimum Gasteiger partial charge on any atom is -0.393 e. The molecule has 11 heavy (non-hydrogen) atoms. The van der Waals surface area contributed by atoms with Gasteiger partial charge in [0.1, 0.15) is 0 Å². The van der Waals surface area contributed by atoms with E-state index in [1.807, 2.05) is 13.8 Å². The third-order valence-corrected chi connectivity index (χ3v) is 1.78. The summed E-state index contributed by atoms with van der Waals surface area (Å²) in [5.74, 6) is 0.0156. The first-order valence-corrected chi connectivity index (χ1v) is 4.03. The molecule has 0 bridgehead atoms. The number of hydrogen-bond donors (Lipinski definition) is 1. The molecule has 0 aliphatic carbocycles. The highest BCUT2D eigenvalue weighted by Gasteiger charge is 2.11. The van der Waals surface area contributed by atoms with Crippen LogP contribution in [0.1, 0.15) is 26.7 Å². The molecule has 1 amide bonds. The quantitative estimate of drug-likeness (QED) is 0.653. The zero-order chi connectivity index (χ0) is 8.85. The molecule has 0 saturated heterocycles. The Balaban J connectivity index is 3.68. The van der Waals surface area contributed by atoms with Crippen molar-refractivity contribution in [3.8, 4) is 0 Å². The summed E-state index contributed by atoms with van der Waals surface area (Å²) in [6.45, 7) is 4.48. The van der Waals surface area contributed by atoms with Crippen LogP contribution >= 0.6 is 0 Å². The number of rotatable bonds is 4. The lowest BCUT2D eigenvalue weighted by molar-refractivity contribution is -0.131. The Kier molecular flexibility index (Phi) is 4.86. The summed E-state index contributed by atoms with van der Waals surface area (Å²) in [6, 6.07) is 0. The molecule has 3 heteroatoms. The van der Waals surface area contributed by atoms with Crippen molar-refractivity contribution in [1.82, 2.24) is 4.90 Å². The minimum absolute atomic E-state index is 0.0156. The first-order valence-electron chi connectivity index (χ1n) is 4.03. The number of carbonyl (C=O) groups is 1. The van der Waals surface area contributed by atoms with Crippen molar-refractivity contribution in [1.29, 1.82) is 0 Å². The summed E-state index contributed by atoms with van der Waals surface area (Å²) < 4.78 is 0. The third kappa shape index (κ3) is 3.98. The standard InChI is InChI=1S/C8H17NO2/c1-4-7(10)6-8(11)9(3)5-2/h7,10H,4-6H2,1-3H3. The van der Waals surface area contributed by atoms with E-state index in [1.165, 1.54) is 0 Å². The van der Waals surface area contributed by atoms with Crippen molar-refractivity contribution in [3.05, 3.63) is 0 Å². The lowest BCUT2D eigenvalue weighted by Gasteiger charge is -2.15. The van der Waals surface area contributed by atoms with E-state index < -0.39 is 6.10 Å². The predicted octanol–water partition coefficient (Wildman–Crippen LogP) is 0.626. The smallest absolute Gasteiger partial charge is 0.224 e. The van der Waals surface area contributed by atoms with Crippen LogP contribution in [0.4, 0.5) is 0 Å². The molecule has 1 N–H and O–H groups in total. The molecule has 3 nitrogen and oxygen atoms in total. The van der Waals surface area contributed by atoms with E-state index in [9.17, 15) is 4.79 Å². The Morgan fingerprint density at radius 3 is 2.45 bits per heavy atom. The molecule has 0 aliphatic heterocycles. The summed E-state index contributed by atoms with van der Waals surface area (Å²) in [6.07, 6.45) is 0.418. The first-order chi connectivity index (χ1) is 5.11. The van der Waals surface area contributed by atoms with E-state index in [-0.39, 0.29) is 12.3 Å². The van der Waals surface area contributed by atoms with E-state index in [1.54, 1.807) is 11.9 Å². The summed E-state index contributed by atoms with van der Waals surface area (Å²) in [7, 11) is 1.74. The second kappa shape index (κ2) is 5.13. The van der Waals surface area contributed by atoms with Crippen LogP contribution < -0.4 is 0 Å². The average Bonchev–Trinajstić information content (AvgIpc) is 2.02. The largest absolute Gasteiger partial charge is 0.393 e. The summed E-state index contributed by atoms with van der Waals surface area (Å²) in [4.78, 5) is 12.7. The van der Waals surface area contributed by atoms with Crippen LogP contribution in [0.15, 0.2) is 0 Å². The van der Waals surface area contributed by atoms with Crippen LogP contribution in [0.5, 0.6) is 0 Å². The second-order valence-corrected chi connectivity index (χ2v) is 2.67. The number of amides is 1. The Labute approximate surface area is 68.0 Å². The molecular formula is C8H17NO2. The molecule has 1 atom stereocenters. The lowest BCUT2D eigenvalue weighted by Crippen LogP contribution is -2.29. The molecule has 0 fully saturated rings. The van der Waals surface area contributed by atoms with Gasteiger partial charge in [-0.2, -0.15) is 0 Å². The monoisotopic (exact) mass is 159 g/mol. The van der Waals surface area contributed by atoms with Crippen LogP contribution in [0.3, 0.4) is 0 Å². The zero-order valence-corrected chi connectivity index (χ0v) is 7.50. The van der Waals surface area contributed by atoms with Gasteiger partial charge in [-0.1, -0.05) is 6.92 Å². The van der Waals surface area contributed by atoms with Gasteiger partial charge in [-0.3, -0.25) is 4.79 Å².